The van der Waals surface area contributed by atoms with Gasteiger partial charge in [0.15, 0.2) is 0 Å². The standard InChI is InChI=1S/Ag.Cd.Ni.S.Zn/q+1;2*+2;-2;+2. The molecule has 0 bridgehead atoms. The molecule has 0 aliphatic carbocycles. The maximum Gasteiger partial charge on any atom is 2.00 e. The second-order valence-electron chi connectivity index (χ2n) is 0. The SMILES string of the molecule is [Ag+].[Cd+2].[Ni+2].[S-2].[Zn+2]. The van der Waals surface area contributed by atoms with Gasteiger partial charge in [-0.1, -0.05) is 0 Å². The fourth-order valence-corrected chi connectivity index (χ4v) is 0. The van der Waals surface area contributed by atoms with Crippen molar-refractivity contribution in [1.29, 1.82) is 0 Å². The van der Waals surface area contributed by atoms with Gasteiger partial charge in [-0.05, 0) is 0 Å². The van der Waals surface area contributed by atoms with E-state index in [1.165, 1.54) is 0 Å². The van der Waals surface area contributed by atoms with Crippen LogP contribution in [-0.2, 0) is 99.1 Å². The molecule has 0 aromatic heterocycles. The summed E-state index contributed by atoms with van der Waals surface area (Å²) in [5, 5.41) is 0. The Bertz CT molecular complexity index is 11.6. The molecule has 0 aromatic carbocycles. The zero-order valence-corrected chi connectivity index (χ0v) is 12.7. The molecule has 0 radical (unpaired) electrons. The van der Waals surface area contributed by atoms with E-state index in [9.17, 15) is 0 Å². The Kier molecular flexibility index (Phi) is 231. The molecule has 0 spiro atoms. The van der Waals surface area contributed by atoms with Crippen molar-refractivity contribution >= 4 is 13.5 Å². The molecule has 0 nitrogen and oxygen atoms in total. The first-order chi connectivity index (χ1) is 0. The van der Waals surface area contributed by atoms with E-state index in [1.807, 2.05) is 0 Å². The molecule has 0 atom stereocenters. The van der Waals surface area contributed by atoms with Crippen LogP contribution < -0.4 is 0 Å². The summed E-state index contributed by atoms with van der Waals surface area (Å²) in [4.78, 5) is 0. The van der Waals surface area contributed by atoms with E-state index in [4.69, 9.17) is 0 Å². The van der Waals surface area contributed by atoms with E-state index >= 15 is 0 Å². The predicted octanol–water partition coefficient (Wildman–Crippen LogP) is -0.0124. The zero-order valence-electron chi connectivity index (χ0n) is 2.44. The van der Waals surface area contributed by atoms with Crippen molar-refractivity contribution in [3.63, 3.8) is 0 Å². The van der Waals surface area contributed by atoms with Gasteiger partial charge in [0.2, 0.25) is 0 Å². The molecule has 0 amide bonds. The van der Waals surface area contributed by atoms with Crippen molar-refractivity contribution in [2.45, 2.75) is 0 Å². The molecular formula is AgCdNiSZn+5. The molecule has 0 aliphatic rings. The Labute approximate surface area is 97.4 Å². The normalized spacial score (nSPS) is 0. The Morgan fingerprint density at radius 3 is 1.00 bits per heavy atom. The molecule has 0 unspecified atom stereocenters. The van der Waals surface area contributed by atoms with Gasteiger partial charge in [0.05, 0.1) is 0 Å². The van der Waals surface area contributed by atoms with E-state index in [0.29, 0.717) is 0 Å². The van der Waals surface area contributed by atoms with Gasteiger partial charge in [-0.25, -0.2) is 0 Å². The van der Waals surface area contributed by atoms with Gasteiger partial charge in [0.1, 0.15) is 0 Å². The molecular weight excluding hydrogens is 376 g/mol. The van der Waals surface area contributed by atoms with Gasteiger partial charge in [0, 0.05) is 0 Å². The maximum atomic E-state index is 0. The van der Waals surface area contributed by atoms with E-state index in [0.717, 1.165) is 0 Å². The van der Waals surface area contributed by atoms with Gasteiger partial charge in [-0.2, -0.15) is 0 Å². The van der Waals surface area contributed by atoms with Crippen molar-refractivity contribution in [2.75, 3.05) is 0 Å². The minimum absolute atomic E-state index is 0. The fraction of sp³-hybridized carbons (Fsp3) is 0. The zero-order chi connectivity index (χ0) is 0. The minimum Gasteiger partial charge on any atom is -2.00 e. The smallest absolute Gasteiger partial charge is 2.00 e. The van der Waals surface area contributed by atoms with Crippen LogP contribution in [0.3, 0.4) is 0 Å². The molecule has 5 heteroatoms. The van der Waals surface area contributed by atoms with Crippen molar-refractivity contribution < 1.29 is 85.6 Å². The third-order valence-electron chi connectivity index (χ3n) is 0. The second kappa shape index (κ2) is 27.4. The molecule has 0 heterocycles. The summed E-state index contributed by atoms with van der Waals surface area (Å²) in [6.45, 7) is 0. The van der Waals surface area contributed by atoms with Crippen molar-refractivity contribution in [2.24, 2.45) is 0 Å². The molecule has 0 N–H and O–H groups in total. The Morgan fingerprint density at radius 2 is 1.00 bits per heavy atom. The van der Waals surface area contributed by atoms with Gasteiger partial charge in [0.25, 0.3) is 0 Å². The van der Waals surface area contributed by atoms with Crippen LogP contribution in [0.4, 0.5) is 0 Å². The number of rotatable bonds is 0. The first-order valence-corrected chi connectivity index (χ1v) is 0. The summed E-state index contributed by atoms with van der Waals surface area (Å²) in [6, 6.07) is 0. The summed E-state index contributed by atoms with van der Waals surface area (Å²) in [6.07, 6.45) is 0. The molecule has 5 heavy (non-hydrogen) atoms. The summed E-state index contributed by atoms with van der Waals surface area (Å²) >= 11 is 0. The third-order valence-corrected chi connectivity index (χ3v) is 0. The molecule has 0 aromatic rings. The monoisotopic (exact) mass is 375 g/mol. The van der Waals surface area contributed by atoms with Gasteiger partial charge < -0.3 is 13.5 Å². The first kappa shape index (κ1) is 42.2. The topological polar surface area (TPSA) is 0 Å². The van der Waals surface area contributed by atoms with Gasteiger partial charge in [-0.3, -0.25) is 0 Å². The van der Waals surface area contributed by atoms with Crippen molar-refractivity contribution in [1.82, 2.24) is 0 Å². The van der Waals surface area contributed by atoms with Crippen LogP contribution in [-0.4, -0.2) is 0 Å². The summed E-state index contributed by atoms with van der Waals surface area (Å²) < 4.78 is 0. The molecule has 0 saturated carbocycles. The third kappa shape index (κ3) is 19.2. The fourth-order valence-electron chi connectivity index (χ4n) is 0. The summed E-state index contributed by atoms with van der Waals surface area (Å²) in [7, 11) is 0. The van der Waals surface area contributed by atoms with E-state index in [1.54, 1.807) is 0 Å². The van der Waals surface area contributed by atoms with Crippen LogP contribution in [0.5, 0.6) is 0 Å². The van der Waals surface area contributed by atoms with Crippen LogP contribution in [0.25, 0.3) is 0 Å². The average molecular weight is 376 g/mol. The Balaban J connectivity index is 0. The number of hydrogen-bond acceptors (Lipinski definition) is 0. The first-order valence-electron chi connectivity index (χ1n) is 0. The second-order valence-corrected chi connectivity index (χ2v) is 0. The predicted molar refractivity (Wildman–Crippen MR) is 7.37 cm³/mol. The largest absolute Gasteiger partial charge is 2.00 e. The Morgan fingerprint density at radius 1 is 1.00 bits per heavy atom. The van der Waals surface area contributed by atoms with Crippen LogP contribution in [0.2, 0.25) is 0 Å². The van der Waals surface area contributed by atoms with Gasteiger partial charge >= 0.3 is 85.6 Å². The summed E-state index contributed by atoms with van der Waals surface area (Å²) in [5.74, 6) is 0. The van der Waals surface area contributed by atoms with Crippen LogP contribution in [0.15, 0.2) is 0 Å². The summed E-state index contributed by atoms with van der Waals surface area (Å²) in [5.41, 5.74) is 0. The number of hydrogen-bond donors (Lipinski definition) is 0. The van der Waals surface area contributed by atoms with E-state index < -0.39 is 0 Å². The maximum absolute atomic E-state index is 0. The van der Waals surface area contributed by atoms with Crippen LogP contribution in [0, 0.1) is 0 Å². The van der Waals surface area contributed by atoms with E-state index in [-0.39, 0.29) is 99.1 Å². The van der Waals surface area contributed by atoms with Crippen molar-refractivity contribution in [3.05, 3.63) is 0 Å². The quantitative estimate of drug-likeness (QED) is 0.522. The average Bonchev–Trinajstić information content (AvgIpc) is 0. The molecule has 26 valence electrons. The van der Waals surface area contributed by atoms with Crippen molar-refractivity contribution in [3.8, 4) is 0 Å². The van der Waals surface area contributed by atoms with Crippen LogP contribution >= 0.6 is 0 Å². The molecule has 0 fully saturated rings. The molecule has 0 saturated heterocycles. The Hall–Kier alpha value is 3.13. The van der Waals surface area contributed by atoms with E-state index in [2.05, 4.69) is 0 Å². The minimum atomic E-state index is 0. The van der Waals surface area contributed by atoms with Gasteiger partial charge in [-0.15, -0.1) is 0 Å². The van der Waals surface area contributed by atoms with Crippen LogP contribution in [0.1, 0.15) is 0 Å². The molecule has 0 rings (SSSR count). The molecule has 0 aliphatic heterocycles.